The number of anilines is 1. The number of aryl methyl sites for hydroxylation is 1. The van der Waals surface area contributed by atoms with Crippen LogP contribution in [0.4, 0.5) is 10.5 Å². The molecule has 37 heavy (non-hydrogen) atoms. The van der Waals surface area contributed by atoms with Gasteiger partial charge in [0.1, 0.15) is 17.2 Å². The maximum Gasteiger partial charge on any atom is 1.00 e. The molecular weight excluding hydrogens is 500 g/mol. The van der Waals surface area contributed by atoms with Crippen molar-refractivity contribution in [3.63, 3.8) is 0 Å². The third-order valence-corrected chi connectivity index (χ3v) is 5.56. The number of aliphatic carboxylic acids is 1. The molecule has 0 aliphatic heterocycles. The van der Waals surface area contributed by atoms with Gasteiger partial charge in [0.25, 0.3) is 5.56 Å². The number of carbonyl (C=O) groups is 2. The predicted molar refractivity (Wildman–Crippen MR) is 125 cm³/mol. The second-order valence-electron chi connectivity index (χ2n) is 7.81. The summed E-state index contributed by atoms with van der Waals surface area (Å²) in [6.07, 6.45) is -0.548. The molecule has 1 atom stereocenters. The maximum atomic E-state index is 12.7. The molecule has 12 heteroatoms. The van der Waals surface area contributed by atoms with Crippen LogP contribution in [0.2, 0.25) is 0 Å². The van der Waals surface area contributed by atoms with Crippen LogP contribution in [0.5, 0.6) is 17.2 Å². The number of aromatic nitrogens is 1. The minimum absolute atomic E-state index is 0. The van der Waals surface area contributed by atoms with E-state index in [4.69, 9.17) is 9.47 Å². The van der Waals surface area contributed by atoms with Crippen LogP contribution < -0.4 is 95.0 Å². The van der Waals surface area contributed by atoms with Crippen molar-refractivity contribution in [2.75, 3.05) is 19.5 Å². The molecule has 0 radical (unpaired) electrons. The van der Waals surface area contributed by atoms with Gasteiger partial charge in [0.2, 0.25) is 0 Å². The van der Waals surface area contributed by atoms with E-state index in [0.717, 1.165) is 5.56 Å². The topological polar surface area (TPSA) is 145 Å². The van der Waals surface area contributed by atoms with Gasteiger partial charge in [0.15, 0.2) is 0 Å². The van der Waals surface area contributed by atoms with Crippen molar-refractivity contribution in [3.8, 4) is 28.4 Å². The zero-order valence-corrected chi connectivity index (χ0v) is 25.7. The molecule has 0 bridgehead atoms. The minimum Gasteiger partial charge on any atom is -0.871 e. The average molecular weight is 525 g/mol. The van der Waals surface area contributed by atoms with Gasteiger partial charge in [-0.3, -0.25) is 4.79 Å². The van der Waals surface area contributed by atoms with Crippen molar-refractivity contribution in [3.05, 3.63) is 70.1 Å². The van der Waals surface area contributed by atoms with E-state index in [1.54, 1.807) is 50.4 Å². The fourth-order valence-electron chi connectivity index (χ4n) is 3.59. The number of carboxylic acids is 1. The van der Waals surface area contributed by atoms with Crippen molar-refractivity contribution in [1.82, 2.24) is 9.88 Å². The first-order chi connectivity index (χ1) is 16.6. The predicted octanol–water partition coefficient (Wildman–Crippen LogP) is -4.54. The monoisotopic (exact) mass is 525 g/mol. The van der Waals surface area contributed by atoms with E-state index in [0.29, 0.717) is 28.3 Å². The molecule has 3 rings (SSSR count). The van der Waals surface area contributed by atoms with Gasteiger partial charge >= 0.3 is 65.1 Å². The van der Waals surface area contributed by atoms with Gasteiger partial charge in [0.05, 0.1) is 20.3 Å². The summed E-state index contributed by atoms with van der Waals surface area (Å²) in [6.45, 7) is 1.59. The summed E-state index contributed by atoms with van der Waals surface area (Å²) < 4.78 is 12.0. The Morgan fingerprint density at radius 2 is 1.76 bits per heavy atom. The van der Waals surface area contributed by atoms with E-state index >= 15 is 0 Å². The average Bonchev–Trinajstić information content (AvgIpc) is 2.84. The number of ether oxygens (including phenoxy) is 2. The van der Waals surface area contributed by atoms with Crippen LogP contribution in [0.25, 0.3) is 11.1 Å². The molecule has 0 saturated carbocycles. The summed E-state index contributed by atoms with van der Waals surface area (Å²) in [4.78, 5) is 36.5. The number of nitrogens with zero attached hydrogens (tertiary/aromatic N) is 1. The number of hydrogen-bond donors (Lipinski definition) is 2. The number of benzene rings is 2. The largest absolute Gasteiger partial charge is 1.00 e. The molecule has 0 aliphatic carbocycles. The van der Waals surface area contributed by atoms with Crippen molar-refractivity contribution in [1.29, 1.82) is 0 Å². The Bertz CT molecular complexity index is 1330. The fourth-order valence-corrected chi connectivity index (χ4v) is 3.59. The summed E-state index contributed by atoms with van der Waals surface area (Å²) in [5.74, 6) is -0.906. The number of amides is 2. The number of rotatable bonds is 8. The number of methoxy groups -OCH3 is 2. The molecule has 0 spiro atoms. The molecule has 2 amide bonds. The van der Waals surface area contributed by atoms with Crippen LogP contribution in [-0.2, 0) is 11.8 Å². The number of pyridine rings is 1. The summed E-state index contributed by atoms with van der Waals surface area (Å²) in [5.41, 5.74) is 1.16. The van der Waals surface area contributed by atoms with Crippen molar-refractivity contribution < 1.29 is 88.4 Å². The molecule has 2 N–H and O–H groups in total. The van der Waals surface area contributed by atoms with Crippen LogP contribution in [0.3, 0.4) is 0 Å². The number of urea groups is 1. The van der Waals surface area contributed by atoms with E-state index in [-0.39, 0.29) is 59.1 Å². The second kappa shape index (κ2) is 14.5. The number of carboxylic acid groups (broad SMARTS) is 1. The Labute approximate surface area is 258 Å². The third kappa shape index (κ3) is 8.00. The summed E-state index contributed by atoms with van der Waals surface area (Å²) in [6, 6.07) is 11.4. The maximum absolute atomic E-state index is 12.7. The fraction of sp³-hybridized carbons (Fsp3) is 0.240. The van der Waals surface area contributed by atoms with E-state index in [9.17, 15) is 24.6 Å². The minimum atomic E-state index is -1.40. The zero-order valence-electron chi connectivity index (χ0n) is 21.7. The van der Waals surface area contributed by atoms with E-state index < -0.39 is 41.5 Å². The molecule has 0 saturated heterocycles. The standard InChI is InChI=1S/C25H27N3O7.2Na/c1-14-10-20(29)23(24(32)28(14)2)27-25(33)26-19(13-22(30)31)16-8-9-21(35-4)18(12-16)15-6-5-7-17(11-15)34-3;;/h5-12,19,29H,13H2,1-4H3,(H,30,31)(H2,26,27,33);;/q;2*+1/p-2/t19-;;/m0../s1. The van der Waals surface area contributed by atoms with Crippen LogP contribution in [0.15, 0.2) is 53.3 Å². The molecule has 0 fully saturated rings. The SMILES string of the molecule is COc1cccc(-c2cc([C@H](CC(=O)[O-])NC(=O)Nc3c([O-])cc(C)n(C)c3=O)ccc2OC)c1.[Na+].[Na+]. The van der Waals surface area contributed by atoms with Gasteiger partial charge in [-0.15, -0.1) is 0 Å². The van der Waals surface area contributed by atoms with Crippen LogP contribution in [-0.4, -0.2) is 30.8 Å². The molecule has 2 aromatic carbocycles. The molecular formula is C25H25N3Na2O7. The number of hydrogen-bond acceptors (Lipinski definition) is 7. The Balaban J connectivity index is 0.00000342. The van der Waals surface area contributed by atoms with Gasteiger partial charge in [-0.25, -0.2) is 4.79 Å². The van der Waals surface area contributed by atoms with Crippen LogP contribution in [0.1, 0.15) is 23.7 Å². The second-order valence-corrected chi connectivity index (χ2v) is 7.81. The van der Waals surface area contributed by atoms with Gasteiger partial charge < -0.3 is 39.7 Å². The van der Waals surface area contributed by atoms with E-state index in [1.807, 2.05) is 6.07 Å². The first-order valence-electron chi connectivity index (χ1n) is 10.6. The van der Waals surface area contributed by atoms with Gasteiger partial charge in [-0.2, -0.15) is 0 Å². The first-order valence-corrected chi connectivity index (χ1v) is 10.6. The third-order valence-electron chi connectivity index (χ3n) is 5.56. The summed E-state index contributed by atoms with van der Waals surface area (Å²) in [5, 5.41) is 28.4. The number of nitrogens with one attached hydrogen (secondary N) is 2. The van der Waals surface area contributed by atoms with Crippen molar-refractivity contribution in [2.24, 2.45) is 7.05 Å². The smallest absolute Gasteiger partial charge is 0.871 e. The molecule has 1 heterocycles. The number of carbonyl (C=O) groups excluding carboxylic acids is 2. The van der Waals surface area contributed by atoms with Crippen LogP contribution >= 0.6 is 0 Å². The molecule has 0 unspecified atom stereocenters. The Hall–Kier alpha value is -2.47. The Morgan fingerprint density at radius 3 is 2.38 bits per heavy atom. The summed E-state index contributed by atoms with van der Waals surface area (Å²) >= 11 is 0. The Kier molecular flexibility index (Phi) is 12.7. The normalized spacial score (nSPS) is 10.8. The molecule has 184 valence electrons. The first kappa shape index (κ1) is 32.6. The molecule has 1 aromatic heterocycles. The summed E-state index contributed by atoms with van der Waals surface area (Å²) in [7, 11) is 4.52. The van der Waals surface area contributed by atoms with Gasteiger partial charge in [-0.05, 0) is 48.4 Å². The van der Waals surface area contributed by atoms with Gasteiger partial charge in [0, 0.05) is 30.7 Å². The van der Waals surface area contributed by atoms with Crippen LogP contribution in [0, 0.1) is 6.92 Å². The quantitative estimate of drug-likeness (QED) is 0.282. The molecule has 10 nitrogen and oxygen atoms in total. The zero-order chi connectivity index (χ0) is 25.7. The van der Waals surface area contributed by atoms with Gasteiger partial charge in [-0.1, -0.05) is 23.9 Å². The Morgan fingerprint density at radius 1 is 1.05 bits per heavy atom. The van der Waals surface area contributed by atoms with Crippen molar-refractivity contribution in [2.45, 2.75) is 19.4 Å². The molecule has 0 aliphatic rings. The van der Waals surface area contributed by atoms with E-state index in [2.05, 4.69) is 10.6 Å². The molecule has 3 aromatic rings. The van der Waals surface area contributed by atoms with E-state index in [1.165, 1.54) is 24.8 Å². The van der Waals surface area contributed by atoms with Crippen molar-refractivity contribution >= 4 is 17.7 Å².